The number of methoxy groups -OCH3 is 1. The zero-order valence-corrected chi connectivity index (χ0v) is 14.5. The lowest BCUT2D eigenvalue weighted by molar-refractivity contribution is 0.146. The Morgan fingerprint density at radius 2 is 2.00 bits per heavy atom. The summed E-state index contributed by atoms with van der Waals surface area (Å²) >= 11 is 10.3. The number of ether oxygens (including phenoxy) is 2. The molecule has 0 bridgehead atoms. The van der Waals surface area contributed by atoms with E-state index in [4.69, 9.17) is 21.1 Å². The van der Waals surface area contributed by atoms with Crippen LogP contribution in [-0.2, 0) is 4.74 Å². The molecular weight excluding hydrogens is 340 g/mol. The van der Waals surface area contributed by atoms with E-state index >= 15 is 0 Å². The fraction of sp³-hybridized carbons (Fsp3) is 0.625. The van der Waals surface area contributed by atoms with E-state index in [0.29, 0.717) is 13.2 Å². The Balaban J connectivity index is 2.08. The highest BCUT2D eigenvalue weighted by molar-refractivity contribution is 9.10. The monoisotopic (exact) mass is 360 g/mol. The van der Waals surface area contributed by atoms with Crippen LogP contribution in [0.1, 0.15) is 43.5 Å². The Morgan fingerprint density at radius 3 is 2.60 bits per heavy atom. The number of hydrogen-bond donors (Lipinski definition) is 0. The van der Waals surface area contributed by atoms with Crippen LogP contribution in [0.4, 0.5) is 0 Å². The molecule has 0 N–H and O–H groups in total. The van der Waals surface area contributed by atoms with E-state index in [-0.39, 0.29) is 10.8 Å². The maximum absolute atomic E-state index is 6.72. The summed E-state index contributed by atoms with van der Waals surface area (Å²) in [5.41, 5.74) is 1.39. The van der Waals surface area contributed by atoms with Crippen LogP contribution in [0.2, 0.25) is 0 Å². The summed E-state index contributed by atoms with van der Waals surface area (Å²) in [7, 11) is 1.67. The van der Waals surface area contributed by atoms with Crippen LogP contribution in [0.3, 0.4) is 0 Å². The summed E-state index contributed by atoms with van der Waals surface area (Å²) in [5.74, 6) is 0.839. The van der Waals surface area contributed by atoms with E-state index < -0.39 is 0 Å². The van der Waals surface area contributed by atoms with Gasteiger partial charge in [0.2, 0.25) is 0 Å². The largest absolute Gasteiger partial charge is 0.490 e. The van der Waals surface area contributed by atoms with Gasteiger partial charge in [0.15, 0.2) is 0 Å². The van der Waals surface area contributed by atoms with Crippen LogP contribution in [0.5, 0.6) is 5.75 Å². The average molecular weight is 362 g/mol. The second-order valence-corrected chi connectivity index (χ2v) is 7.05. The van der Waals surface area contributed by atoms with Crippen LogP contribution in [-0.4, -0.2) is 20.3 Å². The molecule has 1 fully saturated rings. The number of halogens is 2. The molecule has 1 saturated carbocycles. The van der Waals surface area contributed by atoms with Crippen LogP contribution < -0.4 is 4.74 Å². The SMILES string of the molecule is COCCOc1ccc(C(Cl)C2(C)CCCC2)cc1Br. The van der Waals surface area contributed by atoms with Crippen molar-refractivity contribution in [3.63, 3.8) is 0 Å². The van der Waals surface area contributed by atoms with Gasteiger partial charge < -0.3 is 9.47 Å². The molecule has 112 valence electrons. The highest BCUT2D eigenvalue weighted by atomic mass is 79.9. The van der Waals surface area contributed by atoms with E-state index in [1.807, 2.05) is 6.07 Å². The molecular formula is C16H22BrClO2. The molecule has 2 nitrogen and oxygen atoms in total. The first-order valence-electron chi connectivity index (χ1n) is 7.12. The fourth-order valence-corrected chi connectivity index (χ4v) is 3.73. The van der Waals surface area contributed by atoms with E-state index in [1.165, 1.54) is 31.2 Å². The van der Waals surface area contributed by atoms with E-state index in [2.05, 4.69) is 35.0 Å². The Labute approximate surface area is 134 Å². The van der Waals surface area contributed by atoms with E-state index in [9.17, 15) is 0 Å². The lowest BCUT2D eigenvalue weighted by Gasteiger charge is -2.30. The summed E-state index contributed by atoms with van der Waals surface area (Å²) in [6, 6.07) is 6.15. The third kappa shape index (κ3) is 3.69. The van der Waals surface area contributed by atoms with Gasteiger partial charge in [0.25, 0.3) is 0 Å². The molecule has 0 amide bonds. The Kier molecular flexibility index (Phi) is 5.76. The van der Waals surface area contributed by atoms with Crippen molar-refractivity contribution in [2.45, 2.75) is 38.0 Å². The molecule has 20 heavy (non-hydrogen) atoms. The van der Waals surface area contributed by atoms with Gasteiger partial charge in [0, 0.05) is 7.11 Å². The van der Waals surface area contributed by atoms with Crippen LogP contribution in [0, 0.1) is 5.41 Å². The molecule has 0 heterocycles. The number of benzene rings is 1. The minimum atomic E-state index is 0.0642. The number of hydrogen-bond acceptors (Lipinski definition) is 2. The molecule has 2 rings (SSSR count). The highest BCUT2D eigenvalue weighted by Gasteiger charge is 2.36. The van der Waals surface area contributed by atoms with Crippen molar-refractivity contribution in [1.29, 1.82) is 0 Å². The van der Waals surface area contributed by atoms with Crippen molar-refractivity contribution in [2.75, 3.05) is 20.3 Å². The van der Waals surface area contributed by atoms with Crippen molar-refractivity contribution in [2.24, 2.45) is 5.41 Å². The molecule has 1 aromatic carbocycles. The van der Waals surface area contributed by atoms with Crippen molar-refractivity contribution >= 4 is 27.5 Å². The van der Waals surface area contributed by atoms with Gasteiger partial charge in [0.1, 0.15) is 12.4 Å². The molecule has 1 aliphatic carbocycles. The summed E-state index contributed by atoms with van der Waals surface area (Å²) in [6.45, 7) is 3.44. The Hall–Kier alpha value is -0.250. The Bertz CT molecular complexity index is 444. The maximum Gasteiger partial charge on any atom is 0.133 e. The third-order valence-electron chi connectivity index (χ3n) is 4.15. The van der Waals surface area contributed by atoms with Crippen molar-refractivity contribution < 1.29 is 9.47 Å². The van der Waals surface area contributed by atoms with E-state index in [0.717, 1.165) is 10.2 Å². The van der Waals surface area contributed by atoms with Gasteiger partial charge in [-0.3, -0.25) is 0 Å². The second kappa shape index (κ2) is 7.15. The van der Waals surface area contributed by atoms with Gasteiger partial charge in [-0.1, -0.05) is 25.8 Å². The highest BCUT2D eigenvalue weighted by Crippen LogP contribution is 2.51. The Morgan fingerprint density at radius 1 is 1.30 bits per heavy atom. The van der Waals surface area contributed by atoms with Crippen molar-refractivity contribution in [3.05, 3.63) is 28.2 Å². The molecule has 0 aliphatic heterocycles. The third-order valence-corrected chi connectivity index (χ3v) is 5.55. The first-order chi connectivity index (χ1) is 9.57. The molecule has 1 aromatic rings. The first kappa shape index (κ1) is 16.1. The lowest BCUT2D eigenvalue weighted by atomic mass is 9.81. The quantitative estimate of drug-likeness (QED) is 0.503. The van der Waals surface area contributed by atoms with Gasteiger partial charge in [-0.25, -0.2) is 0 Å². The maximum atomic E-state index is 6.72. The zero-order chi connectivity index (χ0) is 14.6. The average Bonchev–Trinajstić information content (AvgIpc) is 2.88. The summed E-state index contributed by atoms with van der Waals surface area (Å²) in [4.78, 5) is 0. The molecule has 0 spiro atoms. The smallest absolute Gasteiger partial charge is 0.133 e. The van der Waals surface area contributed by atoms with Gasteiger partial charge in [-0.2, -0.15) is 0 Å². The van der Waals surface area contributed by atoms with Gasteiger partial charge in [-0.15, -0.1) is 11.6 Å². The molecule has 0 radical (unpaired) electrons. The van der Waals surface area contributed by atoms with Gasteiger partial charge >= 0.3 is 0 Å². The normalized spacial score (nSPS) is 19.0. The number of alkyl halides is 1. The van der Waals surface area contributed by atoms with Crippen LogP contribution in [0.25, 0.3) is 0 Å². The molecule has 4 heteroatoms. The first-order valence-corrected chi connectivity index (χ1v) is 8.35. The van der Waals surface area contributed by atoms with Crippen molar-refractivity contribution in [1.82, 2.24) is 0 Å². The topological polar surface area (TPSA) is 18.5 Å². The fourth-order valence-electron chi connectivity index (χ4n) is 2.87. The molecule has 0 saturated heterocycles. The molecule has 0 aromatic heterocycles. The summed E-state index contributed by atoms with van der Waals surface area (Å²) in [5, 5.41) is 0.0642. The summed E-state index contributed by atoms with van der Waals surface area (Å²) in [6.07, 6.45) is 5.01. The van der Waals surface area contributed by atoms with Gasteiger partial charge in [-0.05, 0) is 51.9 Å². The minimum Gasteiger partial charge on any atom is -0.490 e. The zero-order valence-electron chi connectivity index (χ0n) is 12.1. The lowest BCUT2D eigenvalue weighted by Crippen LogP contribution is -2.18. The van der Waals surface area contributed by atoms with Crippen LogP contribution in [0.15, 0.2) is 22.7 Å². The predicted molar refractivity (Wildman–Crippen MR) is 86.7 cm³/mol. The summed E-state index contributed by atoms with van der Waals surface area (Å²) < 4.78 is 11.6. The second-order valence-electron chi connectivity index (χ2n) is 5.75. The number of rotatable bonds is 6. The standard InChI is InChI=1S/C16H22BrClO2/c1-16(7-3-4-8-16)15(18)12-5-6-14(13(17)11-12)20-10-9-19-2/h5-6,11,15H,3-4,7-10H2,1-2H3. The molecule has 1 atom stereocenters. The van der Waals surface area contributed by atoms with Crippen LogP contribution >= 0.6 is 27.5 Å². The predicted octanol–water partition coefficient (Wildman–Crippen LogP) is 5.33. The van der Waals surface area contributed by atoms with E-state index in [1.54, 1.807) is 7.11 Å². The van der Waals surface area contributed by atoms with Crippen molar-refractivity contribution in [3.8, 4) is 5.75 Å². The molecule has 1 aliphatic rings. The minimum absolute atomic E-state index is 0.0642. The molecule has 1 unspecified atom stereocenters. The van der Waals surface area contributed by atoms with Gasteiger partial charge in [0.05, 0.1) is 16.5 Å².